The lowest BCUT2D eigenvalue weighted by atomic mass is 10.1. The van der Waals surface area contributed by atoms with Crippen molar-refractivity contribution in [1.29, 1.82) is 0 Å². The van der Waals surface area contributed by atoms with Crippen molar-refractivity contribution < 1.29 is 14.6 Å². The molecule has 0 aliphatic heterocycles. The first-order chi connectivity index (χ1) is 11.6. The lowest BCUT2D eigenvalue weighted by Gasteiger charge is -2.07. The second-order valence-corrected chi connectivity index (χ2v) is 5.34. The van der Waals surface area contributed by atoms with Crippen LogP contribution >= 0.6 is 11.6 Å². The average Bonchev–Trinajstić information content (AvgIpc) is 2.58. The third kappa shape index (κ3) is 5.21. The van der Waals surface area contributed by atoms with E-state index in [0.717, 1.165) is 11.1 Å². The standard InChI is InChI=1S/C18H19ClN2O3/c1-24-17-8-7-14(12-16(17)22)6-5-13-3-2-4-15(11-13)21-18(23)20-10-9-19/h2-8,11-12,22H,9-10H2,1H3,(H2,20,21,23)/b6-5-. The molecule has 3 N–H and O–H groups in total. The van der Waals surface area contributed by atoms with Gasteiger partial charge in [-0.05, 0) is 35.4 Å². The van der Waals surface area contributed by atoms with Crippen LogP contribution < -0.4 is 15.4 Å². The maximum absolute atomic E-state index is 11.6. The number of aromatic hydroxyl groups is 1. The Balaban J connectivity index is 2.06. The molecular weight excluding hydrogens is 328 g/mol. The predicted octanol–water partition coefficient (Wildman–Crippen LogP) is 3.93. The summed E-state index contributed by atoms with van der Waals surface area (Å²) in [5, 5.41) is 15.2. The van der Waals surface area contributed by atoms with Gasteiger partial charge in [0.2, 0.25) is 0 Å². The molecule has 24 heavy (non-hydrogen) atoms. The number of alkyl halides is 1. The van der Waals surface area contributed by atoms with Gasteiger partial charge in [0.25, 0.3) is 0 Å². The van der Waals surface area contributed by atoms with Gasteiger partial charge in [0.15, 0.2) is 11.5 Å². The van der Waals surface area contributed by atoms with Crippen molar-refractivity contribution in [1.82, 2.24) is 5.32 Å². The zero-order chi connectivity index (χ0) is 17.4. The van der Waals surface area contributed by atoms with Gasteiger partial charge >= 0.3 is 6.03 Å². The van der Waals surface area contributed by atoms with Crippen molar-refractivity contribution >= 4 is 35.5 Å². The fraction of sp³-hybridized carbons (Fsp3) is 0.167. The first kappa shape index (κ1) is 17.7. The Labute approximate surface area is 145 Å². The van der Waals surface area contributed by atoms with Crippen LogP contribution in [0.5, 0.6) is 11.5 Å². The van der Waals surface area contributed by atoms with E-state index >= 15 is 0 Å². The third-order valence-electron chi connectivity index (χ3n) is 3.20. The molecule has 0 radical (unpaired) electrons. The zero-order valence-corrected chi connectivity index (χ0v) is 14.0. The Hall–Kier alpha value is -2.66. The van der Waals surface area contributed by atoms with Gasteiger partial charge in [-0.15, -0.1) is 11.6 Å². The van der Waals surface area contributed by atoms with Crippen LogP contribution in [0.1, 0.15) is 11.1 Å². The number of rotatable bonds is 6. The number of halogens is 1. The Kier molecular flexibility index (Phi) is 6.51. The number of nitrogens with one attached hydrogen (secondary N) is 2. The largest absolute Gasteiger partial charge is 0.504 e. The van der Waals surface area contributed by atoms with Crippen LogP contribution in [0.15, 0.2) is 42.5 Å². The quantitative estimate of drug-likeness (QED) is 0.548. The van der Waals surface area contributed by atoms with Gasteiger partial charge in [0.05, 0.1) is 7.11 Å². The van der Waals surface area contributed by atoms with Crippen LogP contribution in [0.2, 0.25) is 0 Å². The summed E-state index contributed by atoms with van der Waals surface area (Å²) in [5.74, 6) is 0.887. The van der Waals surface area contributed by atoms with Crippen LogP contribution in [0.3, 0.4) is 0 Å². The average molecular weight is 347 g/mol. The van der Waals surface area contributed by atoms with Crippen molar-refractivity contribution in [2.45, 2.75) is 0 Å². The van der Waals surface area contributed by atoms with E-state index < -0.39 is 0 Å². The molecule has 0 saturated carbocycles. The molecule has 126 valence electrons. The summed E-state index contributed by atoms with van der Waals surface area (Å²) in [6, 6.07) is 12.3. The zero-order valence-electron chi connectivity index (χ0n) is 13.3. The van der Waals surface area contributed by atoms with Crippen molar-refractivity contribution in [2.24, 2.45) is 0 Å². The van der Waals surface area contributed by atoms with Gasteiger partial charge in [0, 0.05) is 18.1 Å². The molecule has 2 amide bonds. The van der Waals surface area contributed by atoms with Gasteiger partial charge in [-0.3, -0.25) is 0 Å². The van der Waals surface area contributed by atoms with Crippen LogP contribution in [-0.4, -0.2) is 30.7 Å². The molecular formula is C18H19ClN2O3. The number of anilines is 1. The van der Waals surface area contributed by atoms with Gasteiger partial charge in [-0.1, -0.05) is 30.4 Å². The minimum absolute atomic E-state index is 0.0889. The second kappa shape index (κ2) is 8.84. The summed E-state index contributed by atoms with van der Waals surface area (Å²) >= 11 is 5.53. The fourth-order valence-electron chi connectivity index (χ4n) is 2.06. The molecule has 0 aromatic heterocycles. The molecule has 2 rings (SSSR count). The van der Waals surface area contributed by atoms with E-state index in [-0.39, 0.29) is 11.8 Å². The van der Waals surface area contributed by atoms with Gasteiger partial charge in [0.1, 0.15) is 0 Å². The highest BCUT2D eigenvalue weighted by molar-refractivity contribution is 6.18. The number of hydrogen-bond donors (Lipinski definition) is 3. The Morgan fingerprint density at radius 1 is 1.21 bits per heavy atom. The number of benzene rings is 2. The van der Waals surface area contributed by atoms with E-state index in [1.807, 2.05) is 36.4 Å². The number of ether oxygens (including phenoxy) is 1. The summed E-state index contributed by atoms with van der Waals surface area (Å²) in [5.41, 5.74) is 2.44. The molecule has 0 unspecified atom stereocenters. The molecule has 2 aromatic carbocycles. The molecule has 0 bridgehead atoms. The van der Waals surface area contributed by atoms with Gasteiger partial charge in [-0.25, -0.2) is 4.79 Å². The monoisotopic (exact) mass is 346 g/mol. The summed E-state index contributed by atoms with van der Waals surface area (Å²) < 4.78 is 5.01. The van der Waals surface area contributed by atoms with E-state index in [1.54, 1.807) is 18.2 Å². The molecule has 0 saturated heterocycles. The van der Waals surface area contributed by atoms with Gasteiger partial charge < -0.3 is 20.5 Å². The summed E-state index contributed by atoms with van der Waals surface area (Å²) in [6.45, 7) is 0.411. The number of carbonyl (C=O) groups is 1. The first-order valence-corrected chi connectivity index (χ1v) is 7.92. The van der Waals surface area contributed by atoms with Crippen LogP contribution in [0, 0.1) is 0 Å². The molecule has 2 aromatic rings. The van der Waals surface area contributed by atoms with Crippen LogP contribution in [0.25, 0.3) is 12.2 Å². The molecule has 0 fully saturated rings. The highest BCUT2D eigenvalue weighted by Crippen LogP contribution is 2.27. The minimum Gasteiger partial charge on any atom is -0.504 e. The smallest absolute Gasteiger partial charge is 0.319 e. The Morgan fingerprint density at radius 3 is 2.62 bits per heavy atom. The van der Waals surface area contributed by atoms with Crippen LogP contribution in [-0.2, 0) is 0 Å². The second-order valence-electron chi connectivity index (χ2n) is 4.96. The number of phenolic OH excluding ortho intramolecular Hbond substituents is 1. The van der Waals surface area contributed by atoms with Crippen LogP contribution in [0.4, 0.5) is 10.5 Å². The van der Waals surface area contributed by atoms with E-state index in [9.17, 15) is 9.90 Å². The van der Waals surface area contributed by atoms with E-state index in [0.29, 0.717) is 23.9 Å². The molecule has 0 heterocycles. The number of methoxy groups -OCH3 is 1. The van der Waals surface area contributed by atoms with Crippen molar-refractivity contribution in [3.63, 3.8) is 0 Å². The lowest BCUT2D eigenvalue weighted by Crippen LogP contribution is -2.30. The molecule has 0 aliphatic carbocycles. The van der Waals surface area contributed by atoms with Gasteiger partial charge in [-0.2, -0.15) is 0 Å². The number of amides is 2. The molecule has 0 spiro atoms. The SMILES string of the molecule is COc1ccc(/C=C\c2cccc(NC(=O)NCCCl)c2)cc1O. The van der Waals surface area contributed by atoms with Crippen molar-refractivity contribution in [2.75, 3.05) is 24.9 Å². The third-order valence-corrected chi connectivity index (χ3v) is 3.38. The van der Waals surface area contributed by atoms with E-state index in [4.69, 9.17) is 16.3 Å². The number of urea groups is 1. The van der Waals surface area contributed by atoms with E-state index in [2.05, 4.69) is 10.6 Å². The van der Waals surface area contributed by atoms with E-state index in [1.165, 1.54) is 7.11 Å². The fourth-order valence-corrected chi connectivity index (χ4v) is 2.15. The van der Waals surface area contributed by atoms with Crippen molar-refractivity contribution in [3.8, 4) is 11.5 Å². The Bertz CT molecular complexity index is 732. The normalized spacial score (nSPS) is 10.6. The highest BCUT2D eigenvalue weighted by atomic mass is 35.5. The first-order valence-electron chi connectivity index (χ1n) is 7.38. The Morgan fingerprint density at radius 2 is 1.96 bits per heavy atom. The van der Waals surface area contributed by atoms with Crippen molar-refractivity contribution in [3.05, 3.63) is 53.6 Å². The molecule has 5 nitrogen and oxygen atoms in total. The number of carbonyl (C=O) groups excluding carboxylic acids is 1. The maximum atomic E-state index is 11.6. The molecule has 0 aliphatic rings. The summed E-state index contributed by atoms with van der Waals surface area (Å²) in [4.78, 5) is 11.6. The molecule has 0 atom stereocenters. The number of hydrogen-bond acceptors (Lipinski definition) is 3. The minimum atomic E-state index is -0.295. The summed E-state index contributed by atoms with van der Waals surface area (Å²) in [6.07, 6.45) is 3.76. The topological polar surface area (TPSA) is 70.6 Å². The summed E-state index contributed by atoms with van der Waals surface area (Å²) in [7, 11) is 1.51. The lowest BCUT2D eigenvalue weighted by molar-refractivity contribution is 0.252. The number of phenols is 1. The highest BCUT2D eigenvalue weighted by Gasteiger charge is 2.02. The maximum Gasteiger partial charge on any atom is 0.319 e. The molecule has 6 heteroatoms. The predicted molar refractivity (Wildman–Crippen MR) is 97.8 cm³/mol.